The number of aryl methyl sites for hydroxylation is 2. The zero-order valence-corrected chi connectivity index (χ0v) is 14.5. The highest BCUT2D eigenvalue weighted by atomic mass is 32.2. The number of anilines is 1. The second-order valence-electron chi connectivity index (χ2n) is 5.33. The van der Waals surface area contributed by atoms with Crippen LogP contribution in [0.1, 0.15) is 18.4 Å². The molecule has 3 rings (SSSR count). The van der Waals surface area contributed by atoms with Crippen LogP contribution in [0, 0.1) is 6.92 Å². The van der Waals surface area contributed by atoms with E-state index in [1.807, 2.05) is 53.6 Å². The number of carbonyl (C=O) groups is 1. The van der Waals surface area contributed by atoms with Crippen LogP contribution in [-0.2, 0) is 17.6 Å². The van der Waals surface area contributed by atoms with E-state index in [4.69, 9.17) is 0 Å². The Balaban J connectivity index is 1.87. The monoisotopic (exact) mass is 342 g/mol. The molecule has 0 unspecified atom stereocenters. The smallest absolute Gasteiger partial charge is 0.221 e. The van der Waals surface area contributed by atoms with Crippen LogP contribution in [0.5, 0.6) is 0 Å². The fourth-order valence-electron chi connectivity index (χ4n) is 2.34. The number of hydrogen-bond acceptors (Lipinski definition) is 5. The van der Waals surface area contributed by atoms with Crippen molar-refractivity contribution in [2.45, 2.75) is 24.8 Å². The van der Waals surface area contributed by atoms with Crippen LogP contribution in [0.2, 0.25) is 0 Å². The number of nitrogens with one attached hydrogen (secondary N) is 1. The summed E-state index contributed by atoms with van der Waals surface area (Å²) in [6, 6.07) is 9.61. The number of rotatable bonds is 5. The largest absolute Gasteiger partial charge is 0.326 e. The first-order chi connectivity index (χ1) is 11.5. The second-order valence-corrected chi connectivity index (χ2v) is 6.27. The maximum atomic E-state index is 11.3. The molecule has 0 radical (unpaired) electrons. The predicted octanol–water partition coefficient (Wildman–Crippen LogP) is 2.56. The summed E-state index contributed by atoms with van der Waals surface area (Å²) >= 11 is 1.60. The molecule has 124 valence electrons. The van der Waals surface area contributed by atoms with Crippen molar-refractivity contribution in [3.8, 4) is 5.69 Å². The van der Waals surface area contributed by atoms with Crippen molar-refractivity contribution < 1.29 is 4.79 Å². The van der Waals surface area contributed by atoms with Crippen LogP contribution in [0.4, 0.5) is 5.69 Å². The summed E-state index contributed by atoms with van der Waals surface area (Å²) in [5.41, 5.74) is 2.77. The molecule has 0 fully saturated rings. The molecule has 3 aromatic rings. The summed E-state index contributed by atoms with van der Waals surface area (Å²) in [4.78, 5) is 11.3. The Kier molecular flexibility index (Phi) is 4.66. The highest BCUT2D eigenvalue weighted by Crippen LogP contribution is 2.26. The molecule has 2 heterocycles. The van der Waals surface area contributed by atoms with Crippen molar-refractivity contribution >= 4 is 23.4 Å². The topological polar surface area (TPSA) is 77.6 Å². The van der Waals surface area contributed by atoms with Crippen molar-refractivity contribution in [2.75, 3.05) is 5.32 Å². The van der Waals surface area contributed by atoms with Crippen molar-refractivity contribution in [2.24, 2.45) is 7.05 Å². The molecule has 8 heteroatoms. The first-order valence-electron chi connectivity index (χ1n) is 7.44. The summed E-state index contributed by atoms with van der Waals surface area (Å²) < 4.78 is 3.82. The SMILES string of the molecule is CC(=O)Nc1cccc(-n2c(C)nnc2SCc2ccnn2C)c1. The lowest BCUT2D eigenvalue weighted by Gasteiger charge is -2.10. The van der Waals surface area contributed by atoms with Gasteiger partial charge >= 0.3 is 0 Å². The van der Waals surface area contributed by atoms with Crippen molar-refractivity contribution in [3.05, 3.63) is 48.0 Å². The Hall–Kier alpha value is -2.61. The van der Waals surface area contributed by atoms with E-state index in [9.17, 15) is 4.79 Å². The van der Waals surface area contributed by atoms with Gasteiger partial charge in [-0.1, -0.05) is 17.8 Å². The molecule has 0 saturated heterocycles. The molecule has 1 aromatic carbocycles. The molecule has 0 aliphatic carbocycles. The molecular formula is C16H18N6OS. The normalized spacial score (nSPS) is 10.8. The van der Waals surface area contributed by atoms with Crippen LogP contribution in [0.25, 0.3) is 5.69 Å². The first-order valence-corrected chi connectivity index (χ1v) is 8.43. The van der Waals surface area contributed by atoms with Crippen molar-refractivity contribution in [3.63, 3.8) is 0 Å². The standard InChI is InChI=1S/C16H18N6OS/c1-11-19-20-16(24-10-15-7-8-17-21(15)3)22(11)14-6-4-5-13(9-14)18-12(2)23/h4-9H,10H2,1-3H3,(H,18,23). The van der Waals surface area contributed by atoms with Crippen LogP contribution in [0.15, 0.2) is 41.7 Å². The van der Waals surface area contributed by atoms with Gasteiger partial charge in [-0.2, -0.15) is 5.10 Å². The molecule has 0 bridgehead atoms. The summed E-state index contributed by atoms with van der Waals surface area (Å²) in [7, 11) is 1.92. The lowest BCUT2D eigenvalue weighted by molar-refractivity contribution is -0.114. The fraction of sp³-hybridized carbons (Fsp3) is 0.250. The molecule has 2 aromatic heterocycles. The Labute approximate surface area is 144 Å². The molecule has 7 nitrogen and oxygen atoms in total. The van der Waals surface area contributed by atoms with Crippen molar-refractivity contribution in [1.29, 1.82) is 0 Å². The Morgan fingerprint density at radius 2 is 2.12 bits per heavy atom. The maximum absolute atomic E-state index is 11.3. The van der Waals surface area contributed by atoms with Gasteiger partial charge in [0.15, 0.2) is 5.16 Å². The second kappa shape index (κ2) is 6.88. The van der Waals surface area contributed by atoms with E-state index in [-0.39, 0.29) is 5.91 Å². The highest BCUT2D eigenvalue weighted by Gasteiger charge is 2.13. The minimum absolute atomic E-state index is 0.0987. The minimum atomic E-state index is -0.0987. The van der Waals surface area contributed by atoms with Gasteiger partial charge < -0.3 is 5.32 Å². The van der Waals surface area contributed by atoms with Crippen LogP contribution < -0.4 is 5.32 Å². The van der Waals surface area contributed by atoms with Gasteiger partial charge in [-0.05, 0) is 31.2 Å². The summed E-state index contributed by atoms with van der Waals surface area (Å²) in [6.45, 7) is 3.40. The first kappa shape index (κ1) is 16.3. The van der Waals surface area contributed by atoms with Crippen LogP contribution in [-0.4, -0.2) is 30.5 Å². The van der Waals surface area contributed by atoms with Gasteiger partial charge in [-0.25, -0.2) is 0 Å². The third-order valence-electron chi connectivity index (χ3n) is 3.49. The minimum Gasteiger partial charge on any atom is -0.326 e. The highest BCUT2D eigenvalue weighted by molar-refractivity contribution is 7.98. The predicted molar refractivity (Wildman–Crippen MR) is 93.2 cm³/mol. The van der Waals surface area contributed by atoms with E-state index >= 15 is 0 Å². The third-order valence-corrected chi connectivity index (χ3v) is 4.45. The number of nitrogens with zero attached hydrogens (tertiary/aromatic N) is 5. The average molecular weight is 342 g/mol. The zero-order valence-electron chi connectivity index (χ0n) is 13.7. The summed E-state index contributed by atoms with van der Waals surface area (Å²) in [5, 5.41) is 16.2. The fourth-order valence-corrected chi connectivity index (χ4v) is 3.37. The lowest BCUT2D eigenvalue weighted by Crippen LogP contribution is -2.07. The molecule has 0 aliphatic rings. The number of amides is 1. The molecule has 0 saturated carbocycles. The van der Waals surface area contributed by atoms with Gasteiger partial charge in [0.2, 0.25) is 5.91 Å². The zero-order chi connectivity index (χ0) is 17.1. The van der Waals surface area contributed by atoms with E-state index in [0.29, 0.717) is 0 Å². The van der Waals surface area contributed by atoms with E-state index in [2.05, 4.69) is 20.6 Å². The molecular weight excluding hydrogens is 324 g/mol. The summed E-state index contributed by atoms with van der Waals surface area (Å²) in [6.07, 6.45) is 1.78. The molecule has 1 amide bonds. The van der Waals surface area contributed by atoms with Gasteiger partial charge in [-0.3, -0.25) is 14.0 Å². The van der Waals surface area contributed by atoms with Gasteiger partial charge in [0, 0.05) is 37.3 Å². The number of carbonyl (C=O) groups excluding carboxylic acids is 1. The van der Waals surface area contributed by atoms with Gasteiger partial charge in [0.25, 0.3) is 0 Å². The van der Waals surface area contributed by atoms with E-state index < -0.39 is 0 Å². The number of thioether (sulfide) groups is 1. The number of hydrogen-bond donors (Lipinski definition) is 1. The van der Waals surface area contributed by atoms with Gasteiger partial charge in [-0.15, -0.1) is 10.2 Å². The maximum Gasteiger partial charge on any atom is 0.221 e. The molecule has 1 N–H and O–H groups in total. The van der Waals surface area contributed by atoms with E-state index in [1.165, 1.54) is 6.92 Å². The molecule has 24 heavy (non-hydrogen) atoms. The molecule has 0 aliphatic heterocycles. The lowest BCUT2D eigenvalue weighted by atomic mass is 10.2. The van der Waals surface area contributed by atoms with E-state index in [0.717, 1.165) is 33.8 Å². The average Bonchev–Trinajstić information content (AvgIpc) is 3.10. The molecule has 0 atom stereocenters. The molecule has 0 spiro atoms. The van der Waals surface area contributed by atoms with E-state index in [1.54, 1.807) is 18.0 Å². The Bertz CT molecular complexity index is 869. The van der Waals surface area contributed by atoms with Crippen LogP contribution >= 0.6 is 11.8 Å². The van der Waals surface area contributed by atoms with Gasteiger partial charge in [0.05, 0.1) is 5.69 Å². The number of benzene rings is 1. The van der Waals surface area contributed by atoms with Gasteiger partial charge in [0.1, 0.15) is 5.82 Å². The number of aromatic nitrogens is 5. The Morgan fingerprint density at radius 1 is 1.29 bits per heavy atom. The quantitative estimate of drug-likeness (QED) is 0.721. The Morgan fingerprint density at radius 3 is 2.83 bits per heavy atom. The van der Waals surface area contributed by atoms with Crippen molar-refractivity contribution in [1.82, 2.24) is 24.5 Å². The summed E-state index contributed by atoms with van der Waals surface area (Å²) in [5.74, 6) is 1.45. The third kappa shape index (κ3) is 3.48. The van der Waals surface area contributed by atoms with Crippen LogP contribution in [0.3, 0.4) is 0 Å².